The van der Waals surface area contributed by atoms with E-state index in [0.29, 0.717) is 6.61 Å². The topological polar surface area (TPSA) is 51.6 Å². The van der Waals surface area contributed by atoms with Gasteiger partial charge in [-0.15, -0.1) is 11.3 Å². The highest BCUT2D eigenvalue weighted by Crippen LogP contribution is 2.19. The van der Waals surface area contributed by atoms with E-state index in [0.717, 1.165) is 27.8 Å². The van der Waals surface area contributed by atoms with Crippen molar-refractivity contribution in [3.63, 3.8) is 0 Å². The van der Waals surface area contributed by atoms with Crippen LogP contribution in [0.15, 0.2) is 30.5 Å². The molecular weight excluding hydrogens is 250 g/mol. The summed E-state index contributed by atoms with van der Waals surface area (Å²) in [7, 11) is 1.63. The lowest BCUT2D eigenvalue weighted by Gasteiger charge is -2.06. The first-order chi connectivity index (χ1) is 8.81. The van der Waals surface area contributed by atoms with E-state index >= 15 is 0 Å². The Morgan fingerprint density at radius 2 is 2.17 bits per heavy atom. The Morgan fingerprint density at radius 1 is 1.33 bits per heavy atom. The van der Waals surface area contributed by atoms with Crippen LogP contribution in [-0.2, 0) is 13.0 Å². The number of aliphatic hydroxyl groups is 1. The second-order valence-corrected chi connectivity index (χ2v) is 4.86. The smallest absolute Gasteiger partial charge is 0.123 e. The average Bonchev–Trinajstić information content (AvgIpc) is 2.87. The van der Waals surface area contributed by atoms with Gasteiger partial charge in [0.05, 0.1) is 30.2 Å². The summed E-state index contributed by atoms with van der Waals surface area (Å²) in [5.41, 5.74) is 0. The van der Waals surface area contributed by atoms with E-state index in [4.69, 9.17) is 14.6 Å². The first kappa shape index (κ1) is 12.9. The van der Waals surface area contributed by atoms with Crippen LogP contribution in [0.25, 0.3) is 0 Å². The zero-order valence-corrected chi connectivity index (χ0v) is 10.9. The molecule has 0 bridgehead atoms. The number of benzene rings is 1. The number of rotatable bonds is 6. The minimum absolute atomic E-state index is 0.0500. The van der Waals surface area contributed by atoms with Crippen LogP contribution in [0.4, 0.5) is 0 Å². The van der Waals surface area contributed by atoms with E-state index in [9.17, 15) is 0 Å². The van der Waals surface area contributed by atoms with Gasteiger partial charge in [-0.3, -0.25) is 0 Å². The van der Waals surface area contributed by atoms with Gasteiger partial charge in [-0.05, 0) is 12.1 Å². The van der Waals surface area contributed by atoms with Crippen LogP contribution in [-0.4, -0.2) is 23.8 Å². The largest absolute Gasteiger partial charge is 0.497 e. The maximum Gasteiger partial charge on any atom is 0.123 e. The van der Waals surface area contributed by atoms with E-state index in [-0.39, 0.29) is 6.61 Å². The second kappa shape index (κ2) is 6.37. The molecule has 96 valence electrons. The molecule has 0 aliphatic carbocycles. The quantitative estimate of drug-likeness (QED) is 0.870. The van der Waals surface area contributed by atoms with Gasteiger partial charge in [-0.2, -0.15) is 0 Å². The Kier molecular flexibility index (Phi) is 4.55. The Hall–Kier alpha value is -1.59. The fraction of sp³-hybridized carbons (Fsp3) is 0.308. The highest BCUT2D eigenvalue weighted by Gasteiger charge is 2.02. The molecule has 1 aromatic heterocycles. The maximum atomic E-state index is 8.94. The van der Waals surface area contributed by atoms with Gasteiger partial charge in [-0.25, -0.2) is 4.98 Å². The normalized spacial score (nSPS) is 10.3. The number of thiazole rings is 1. The lowest BCUT2D eigenvalue weighted by molar-refractivity contribution is 0.285. The third-order valence-electron chi connectivity index (χ3n) is 2.38. The molecule has 0 radical (unpaired) electrons. The molecule has 0 saturated heterocycles. The Bertz CT molecular complexity index is 498. The third-order valence-corrected chi connectivity index (χ3v) is 3.42. The van der Waals surface area contributed by atoms with E-state index in [2.05, 4.69) is 4.98 Å². The predicted octanol–water partition coefficient (Wildman–Crippen LogP) is 2.27. The first-order valence-corrected chi connectivity index (χ1v) is 6.45. The lowest BCUT2D eigenvalue weighted by atomic mass is 10.3. The van der Waals surface area contributed by atoms with Crippen molar-refractivity contribution in [3.8, 4) is 11.5 Å². The number of hydrogen-bond acceptors (Lipinski definition) is 5. The number of methoxy groups -OCH3 is 1. The number of ether oxygens (including phenoxy) is 2. The van der Waals surface area contributed by atoms with Crippen molar-refractivity contribution in [1.29, 1.82) is 0 Å². The van der Waals surface area contributed by atoms with E-state index < -0.39 is 0 Å². The van der Waals surface area contributed by atoms with E-state index in [1.165, 1.54) is 11.3 Å². The van der Waals surface area contributed by atoms with Crippen molar-refractivity contribution in [2.75, 3.05) is 13.7 Å². The van der Waals surface area contributed by atoms with Gasteiger partial charge in [0.2, 0.25) is 0 Å². The van der Waals surface area contributed by atoms with Crippen molar-refractivity contribution in [2.24, 2.45) is 0 Å². The summed E-state index contributed by atoms with van der Waals surface area (Å²) in [5, 5.41) is 9.91. The molecule has 0 unspecified atom stereocenters. The van der Waals surface area contributed by atoms with Gasteiger partial charge in [0.15, 0.2) is 0 Å². The molecule has 18 heavy (non-hydrogen) atoms. The molecule has 1 N–H and O–H groups in total. The highest BCUT2D eigenvalue weighted by atomic mass is 32.1. The molecule has 0 amide bonds. The minimum atomic E-state index is 0.0500. The zero-order valence-electron chi connectivity index (χ0n) is 10.1. The Morgan fingerprint density at radius 3 is 2.89 bits per heavy atom. The summed E-state index contributed by atoms with van der Waals surface area (Å²) in [6.07, 6.45) is 2.44. The molecule has 4 nitrogen and oxygen atoms in total. The van der Waals surface area contributed by atoms with Crippen LogP contribution in [0.2, 0.25) is 0 Å². The molecule has 1 aromatic carbocycles. The number of aromatic nitrogens is 1. The van der Waals surface area contributed by atoms with Crippen LogP contribution in [0, 0.1) is 0 Å². The van der Waals surface area contributed by atoms with E-state index in [1.54, 1.807) is 13.3 Å². The van der Waals surface area contributed by atoms with Gasteiger partial charge >= 0.3 is 0 Å². The van der Waals surface area contributed by atoms with Gasteiger partial charge in [0.1, 0.15) is 11.5 Å². The van der Waals surface area contributed by atoms with Gasteiger partial charge in [0.25, 0.3) is 0 Å². The summed E-state index contributed by atoms with van der Waals surface area (Å²) in [6, 6.07) is 7.51. The fourth-order valence-corrected chi connectivity index (χ4v) is 2.25. The Labute approximate surface area is 110 Å². The molecule has 0 saturated carbocycles. The number of nitrogens with zero attached hydrogens (tertiary/aromatic N) is 1. The number of hydrogen-bond donors (Lipinski definition) is 1. The van der Waals surface area contributed by atoms with Crippen molar-refractivity contribution in [2.45, 2.75) is 13.0 Å². The van der Waals surface area contributed by atoms with E-state index in [1.807, 2.05) is 24.3 Å². The highest BCUT2D eigenvalue weighted by molar-refractivity contribution is 7.11. The summed E-state index contributed by atoms with van der Waals surface area (Å²) in [5.74, 6) is 1.57. The van der Waals surface area contributed by atoms with Crippen LogP contribution >= 0.6 is 11.3 Å². The summed E-state index contributed by atoms with van der Waals surface area (Å²) in [4.78, 5) is 5.09. The third kappa shape index (κ3) is 3.45. The molecule has 2 rings (SSSR count). The first-order valence-electron chi connectivity index (χ1n) is 5.63. The van der Waals surface area contributed by atoms with Crippen LogP contribution in [0.3, 0.4) is 0 Å². The zero-order chi connectivity index (χ0) is 12.8. The summed E-state index contributed by atoms with van der Waals surface area (Å²) in [6.45, 7) is 0.611. The predicted molar refractivity (Wildman–Crippen MR) is 70.2 cm³/mol. The van der Waals surface area contributed by atoms with Crippen molar-refractivity contribution < 1.29 is 14.6 Å². The average molecular weight is 265 g/mol. The number of aliphatic hydroxyl groups excluding tert-OH is 1. The molecule has 1 heterocycles. The van der Waals surface area contributed by atoms with Gasteiger partial charge in [-0.1, -0.05) is 6.07 Å². The molecule has 2 aromatic rings. The molecule has 0 aliphatic heterocycles. The maximum absolute atomic E-state index is 8.94. The lowest BCUT2D eigenvalue weighted by Crippen LogP contribution is -2.00. The Balaban J connectivity index is 1.84. The monoisotopic (exact) mass is 265 g/mol. The van der Waals surface area contributed by atoms with Crippen molar-refractivity contribution in [1.82, 2.24) is 4.98 Å². The van der Waals surface area contributed by atoms with Crippen molar-refractivity contribution in [3.05, 3.63) is 40.3 Å². The SMILES string of the molecule is COc1cccc(OCCc2ncc(CO)s2)c1. The van der Waals surface area contributed by atoms with Crippen LogP contribution < -0.4 is 9.47 Å². The van der Waals surface area contributed by atoms with Gasteiger partial charge < -0.3 is 14.6 Å². The minimum Gasteiger partial charge on any atom is -0.497 e. The molecule has 0 aliphatic rings. The fourth-order valence-electron chi connectivity index (χ4n) is 1.48. The van der Waals surface area contributed by atoms with Crippen LogP contribution in [0.1, 0.15) is 9.88 Å². The van der Waals surface area contributed by atoms with Gasteiger partial charge in [0, 0.05) is 18.7 Å². The van der Waals surface area contributed by atoms with Crippen molar-refractivity contribution >= 4 is 11.3 Å². The summed E-state index contributed by atoms with van der Waals surface area (Å²) >= 11 is 1.51. The summed E-state index contributed by atoms with van der Waals surface area (Å²) < 4.78 is 10.7. The molecule has 0 fully saturated rings. The second-order valence-electron chi connectivity index (χ2n) is 3.66. The molecular formula is C13H15NO3S. The standard InChI is InChI=1S/C13H15NO3S/c1-16-10-3-2-4-11(7-10)17-6-5-13-14-8-12(9-15)18-13/h2-4,7-8,15H,5-6,9H2,1H3. The molecule has 5 heteroatoms. The molecule has 0 atom stereocenters. The molecule has 0 spiro atoms. The van der Waals surface area contributed by atoms with Crippen LogP contribution in [0.5, 0.6) is 11.5 Å².